The highest BCUT2D eigenvalue weighted by atomic mass is 16.3. The third-order valence-electron chi connectivity index (χ3n) is 6.15. The van der Waals surface area contributed by atoms with Crippen molar-refractivity contribution < 1.29 is 14.7 Å². The van der Waals surface area contributed by atoms with Crippen LogP contribution < -0.4 is 10.6 Å². The number of hydrogen-bond acceptors (Lipinski definition) is 6. The molecule has 8 heteroatoms. The first-order chi connectivity index (χ1) is 13.1. The predicted molar refractivity (Wildman–Crippen MR) is 106 cm³/mol. The highest BCUT2D eigenvalue weighted by molar-refractivity contribution is 5.79. The van der Waals surface area contributed by atoms with Crippen molar-refractivity contribution in [2.45, 2.75) is 63.7 Å². The van der Waals surface area contributed by atoms with Crippen LogP contribution in [0.2, 0.25) is 0 Å². The summed E-state index contributed by atoms with van der Waals surface area (Å²) in [5.41, 5.74) is -0.889. The van der Waals surface area contributed by atoms with Crippen molar-refractivity contribution in [3.63, 3.8) is 0 Å². The van der Waals surface area contributed by atoms with Crippen LogP contribution in [0.4, 0.5) is 0 Å². The number of likely N-dealkylation sites (tertiary alicyclic amines) is 2. The van der Waals surface area contributed by atoms with Gasteiger partial charge < -0.3 is 15.7 Å². The Kier molecular flexibility index (Phi) is 7.43. The first-order valence-electron chi connectivity index (χ1n) is 10.2. The van der Waals surface area contributed by atoms with Gasteiger partial charge in [0.1, 0.15) is 5.54 Å². The van der Waals surface area contributed by atoms with E-state index in [2.05, 4.69) is 26.5 Å². The summed E-state index contributed by atoms with van der Waals surface area (Å²) in [6.07, 6.45) is 1.91. The quantitative estimate of drug-likeness (QED) is 0.559. The Morgan fingerprint density at radius 1 is 1.21 bits per heavy atom. The Balaban J connectivity index is 1.91. The molecule has 0 bridgehead atoms. The molecule has 28 heavy (non-hydrogen) atoms. The average Bonchev–Trinajstić information content (AvgIpc) is 3.14. The van der Waals surface area contributed by atoms with Crippen LogP contribution in [0.1, 0.15) is 40.0 Å². The fourth-order valence-corrected chi connectivity index (χ4v) is 4.28. The lowest BCUT2D eigenvalue weighted by atomic mass is 9.92. The average molecular weight is 394 g/mol. The van der Waals surface area contributed by atoms with Crippen molar-refractivity contribution in [1.29, 1.82) is 5.26 Å². The van der Waals surface area contributed by atoms with Crippen molar-refractivity contribution in [3.8, 4) is 6.07 Å². The molecule has 0 aliphatic carbocycles. The second-order valence-electron chi connectivity index (χ2n) is 8.96. The second-order valence-corrected chi connectivity index (χ2v) is 8.96. The van der Waals surface area contributed by atoms with Crippen LogP contribution in [0.5, 0.6) is 0 Å². The molecule has 0 aromatic carbocycles. The second kappa shape index (κ2) is 9.21. The molecular weight excluding hydrogens is 358 g/mol. The molecule has 2 heterocycles. The zero-order valence-corrected chi connectivity index (χ0v) is 17.7. The Labute approximate surface area is 168 Å². The van der Waals surface area contributed by atoms with Crippen LogP contribution in [0.15, 0.2) is 0 Å². The third kappa shape index (κ3) is 5.22. The Bertz CT molecular complexity index is 619. The number of hydrogen-bond donors (Lipinski definition) is 3. The molecule has 2 saturated heterocycles. The van der Waals surface area contributed by atoms with Crippen LogP contribution in [0.3, 0.4) is 0 Å². The van der Waals surface area contributed by atoms with Gasteiger partial charge in [0.05, 0.1) is 12.7 Å². The van der Waals surface area contributed by atoms with E-state index in [1.165, 1.54) is 0 Å². The van der Waals surface area contributed by atoms with E-state index in [9.17, 15) is 20.0 Å². The van der Waals surface area contributed by atoms with E-state index < -0.39 is 5.54 Å². The minimum absolute atomic E-state index is 0.00561. The lowest BCUT2D eigenvalue weighted by molar-refractivity contribution is -0.126. The molecule has 2 amide bonds. The molecule has 2 aliphatic rings. The number of amides is 2. The summed E-state index contributed by atoms with van der Waals surface area (Å²) in [5.74, 6) is -0.482. The molecule has 0 saturated carbocycles. The number of nitriles is 1. The largest absolute Gasteiger partial charge is 0.395 e. The zero-order valence-electron chi connectivity index (χ0n) is 17.7. The van der Waals surface area contributed by atoms with E-state index in [-0.39, 0.29) is 48.4 Å². The fourth-order valence-electron chi connectivity index (χ4n) is 4.28. The number of carbonyl (C=O) groups excluding carboxylic acids is 2. The van der Waals surface area contributed by atoms with Gasteiger partial charge >= 0.3 is 0 Å². The van der Waals surface area contributed by atoms with Crippen LogP contribution in [0.25, 0.3) is 0 Å². The summed E-state index contributed by atoms with van der Waals surface area (Å²) in [6, 6.07) is 2.51. The van der Waals surface area contributed by atoms with E-state index in [0.29, 0.717) is 19.4 Å². The summed E-state index contributed by atoms with van der Waals surface area (Å²) in [6.45, 7) is 6.84. The monoisotopic (exact) mass is 393 g/mol. The van der Waals surface area contributed by atoms with Gasteiger partial charge in [0.2, 0.25) is 11.8 Å². The number of rotatable bonds is 7. The van der Waals surface area contributed by atoms with Crippen LogP contribution in [0, 0.1) is 23.2 Å². The molecule has 8 nitrogen and oxygen atoms in total. The molecular formula is C20H35N5O3. The maximum Gasteiger partial charge on any atom is 0.223 e. The van der Waals surface area contributed by atoms with Gasteiger partial charge in [-0.3, -0.25) is 19.4 Å². The predicted octanol–water partition coefficient (Wildman–Crippen LogP) is -0.0675. The first-order valence-corrected chi connectivity index (χ1v) is 10.2. The summed E-state index contributed by atoms with van der Waals surface area (Å²) in [7, 11) is 3.89. The van der Waals surface area contributed by atoms with Gasteiger partial charge in [-0.2, -0.15) is 5.26 Å². The topological polar surface area (TPSA) is 109 Å². The number of aliphatic hydroxyl groups excluding tert-OH is 1. The van der Waals surface area contributed by atoms with Gasteiger partial charge in [0.15, 0.2) is 0 Å². The van der Waals surface area contributed by atoms with Gasteiger partial charge in [0, 0.05) is 49.5 Å². The maximum atomic E-state index is 12.6. The molecule has 3 N–H and O–H groups in total. The number of likely N-dealkylation sites (N-methyl/N-ethyl adjacent to an activating group) is 2. The van der Waals surface area contributed by atoms with Crippen molar-refractivity contribution >= 4 is 11.8 Å². The third-order valence-corrected chi connectivity index (χ3v) is 6.15. The Morgan fingerprint density at radius 3 is 2.43 bits per heavy atom. The number of nitrogens with one attached hydrogen (secondary N) is 2. The molecule has 3 unspecified atom stereocenters. The van der Waals surface area contributed by atoms with E-state index in [4.69, 9.17) is 0 Å². The van der Waals surface area contributed by atoms with Crippen molar-refractivity contribution in [3.05, 3.63) is 0 Å². The zero-order chi connectivity index (χ0) is 21.1. The van der Waals surface area contributed by atoms with Crippen molar-refractivity contribution in [2.24, 2.45) is 11.8 Å². The normalized spacial score (nSPS) is 32.3. The Morgan fingerprint density at radius 2 is 1.89 bits per heavy atom. The number of aliphatic hydroxyl groups is 1. The van der Waals surface area contributed by atoms with E-state index >= 15 is 0 Å². The molecule has 158 valence electrons. The van der Waals surface area contributed by atoms with E-state index in [1.807, 2.05) is 34.9 Å². The van der Waals surface area contributed by atoms with E-state index in [0.717, 1.165) is 13.0 Å². The fraction of sp³-hybridized carbons (Fsp3) is 0.850. The smallest absolute Gasteiger partial charge is 0.223 e. The molecule has 5 atom stereocenters. The van der Waals surface area contributed by atoms with Gasteiger partial charge in [0.25, 0.3) is 0 Å². The molecule has 2 aliphatic heterocycles. The highest BCUT2D eigenvalue weighted by Crippen LogP contribution is 2.30. The summed E-state index contributed by atoms with van der Waals surface area (Å²) >= 11 is 0. The molecule has 0 aromatic rings. The minimum atomic E-state index is -0.889. The SMILES string of the molecule is CC(C)C(=O)NC1(C#N)CC(CC(C)C(=O)N[C@@H]2C[C@@H](CO)N(C)C2)N(C)C1. The van der Waals surface area contributed by atoms with Gasteiger partial charge in [-0.25, -0.2) is 0 Å². The molecule has 2 rings (SSSR count). The molecule has 0 spiro atoms. The molecule has 0 aromatic heterocycles. The van der Waals surface area contributed by atoms with Crippen LogP contribution >= 0.6 is 0 Å². The van der Waals surface area contributed by atoms with Crippen molar-refractivity contribution in [1.82, 2.24) is 20.4 Å². The highest BCUT2D eigenvalue weighted by Gasteiger charge is 2.45. The van der Waals surface area contributed by atoms with Gasteiger partial charge in [-0.05, 0) is 26.9 Å². The van der Waals surface area contributed by atoms with Crippen LogP contribution in [-0.4, -0.2) is 84.2 Å². The first kappa shape index (κ1) is 22.6. The number of nitrogens with zero attached hydrogens (tertiary/aromatic N) is 3. The Hall–Kier alpha value is -1.69. The van der Waals surface area contributed by atoms with Crippen molar-refractivity contribution in [2.75, 3.05) is 33.8 Å². The van der Waals surface area contributed by atoms with E-state index in [1.54, 1.807) is 0 Å². The minimum Gasteiger partial charge on any atom is -0.395 e. The van der Waals surface area contributed by atoms with Crippen LogP contribution in [-0.2, 0) is 9.59 Å². The lowest BCUT2D eigenvalue weighted by Gasteiger charge is -2.24. The lowest BCUT2D eigenvalue weighted by Crippen LogP contribution is -2.50. The maximum absolute atomic E-state index is 12.6. The summed E-state index contributed by atoms with van der Waals surface area (Å²) < 4.78 is 0. The summed E-state index contributed by atoms with van der Waals surface area (Å²) in [5, 5.41) is 25.1. The summed E-state index contributed by atoms with van der Waals surface area (Å²) in [4.78, 5) is 28.9. The number of carbonyl (C=O) groups is 2. The molecule has 0 radical (unpaired) electrons. The van der Waals surface area contributed by atoms with Gasteiger partial charge in [-0.1, -0.05) is 20.8 Å². The van der Waals surface area contributed by atoms with Gasteiger partial charge in [-0.15, -0.1) is 0 Å². The molecule has 2 fully saturated rings. The standard InChI is InChI=1S/C20H35N5O3/c1-13(2)18(27)23-20(11-21)8-16(25(5)12-20)6-14(3)19(28)22-15-7-17(10-26)24(4)9-15/h13-17,26H,6-10,12H2,1-5H3,(H,22,28)(H,23,27)/t14?,15-,16?,17+,20?/m1/s1.